The molecule has 1 N–H and O–H groups in total. The topological polar surface area (TPSA) is 76.7 Å². The first-order chi connectivity index (χ1) is 12.0. The van der Waals surface area contributed by atoms with E-state index in [2.05, 4.69) is 21.2 Å². The number of aryl methyl sites for hydroxylation is 4. The molecule has 126 valence electrons. The first kappa shape index (κ1) is 15.4. The number of rotatable bonds is 2. The van der Waals surface area contributed by atoms with Crippen LogP contribution in [0.4, 0.5) is 0 Å². The number of nitrogens with zero attached hydrogens (tertiary/aromatic N) is 3. The Labute approximate surface area is 144 Å². The van der Waals surface area contributed by atoms with Gasteiger partial charge in [0.1, 0.15) is 5.76 Å². The standard InChI is InChI=1S/C19H18N4O2/c1-10-9-20-6-5-14(10)15-7-13(17-11(2)22-25-12(17)3)8-16-18(15)23(4)19(24)21-16/h5-9H,1-4H3,(H,21,24). The number of fused-ring (bicyclic) bond motifs is 1. The van der Waals surface area contributed by atoms with Gasteiger partial charge in [0.05, 0.1) is 16.7 Å². The molecule has 3 heterocycles. The van der Waals surface area contributed by atoms with Crippen molar-refractivity contribution >= 4 is 11.0 Å². The van der Waals surface area contributed by atoms with Gasteiger partial charge in [-0.3, -0.25) is 9.55 Å². The largest absolute Gasteiger partial charge is 0.361 e. The molecule has 0 amide bonds. The number of hydrogen-bond donors (Lipinski definition) is 1. The molecule has 0 spiro atoms. The third-order valence-corrected chi connectivity index (χ3v) is 4.62. The monoisotopic (exact) mass is 334 g/mol. The summed E-state index contributed by atoms with van der Waals surface area (Å²) < 4.78 is 6.96. The summed E-state index contributed by atoms with van der Waals surface area (Å²) in [5.74, 6) is 0.757. The SMILES string of the molecule is Cc1cnccc1-c1cc(-c2c(C)noc2C)cc2[nH]c(=O)n(C)c12. The molecule has 1 aromatic carbocycles. The van der Waals surface area contributed by atoms with Crippen LogP contribution in [-0.4, -0.2) is 19.7 Å². The summed E-state index contributed by atoms with van der Waals surface area (Å²) in [5.41, 5.74) is 7.35. The summed E-state index contributed by atoms with van der Waals surface area (Å²) in [6, 6.07) is 6.03. The van der Waals surface area contributed by atoms with Crippen LogP contribution in [0.5, 0.6) is 0 Å². The number of benzene rings is 1. The fraction of sp³-hybridized carbons (Fsp3) is 0.211. The van der Waals surface area contributed by atoms with Crippen LogP contribution in [0.1, 0.15) is 17.0 Å². The van der Waals surface area contributed by atoms with Crippen molar-refractivity contribution in [3.63, 3.8) is 0 Å². The lowest BCUT2D eigenvalue weighted by Crippen LogP contribution is -2.12. The minimum absolute atomic E-state index is 0.140. The zero-order valence-electron chi connectivity index (χ0n) is 14.5. The molecule has 0 radical (unpaired) electrons. The summed E-state index contributed by atoms with van der Waals surface area (Å²) in [4.78, 5) is 19.3. The molecule has 0 aliphatic heterocycles. The second-order valence-corrected chi connectivity index (χ2v) is 6.30. The minimum atomic E-state index is -0.140. The molecule has 0 saturated heterocycles. The second kappa shape index (κ2) is 5.44. The number of aromatic amines is 1. The van der Waals surface area contributed by atoms with Crippen molar-refractivity contribution in [2.75, 3.05) is 0 Å². The van der Waals surface area contributed by atoms with E-state index in [4.69, 9.17) is 4.52 Å². The van der Waals surface area contributed by atoms with Gasteiger partial charge in [0.25, 0.3) is 0 Å². The van der Waals surface area contributed by atoms with Gasteiger partial charge >= 0.3 is 5.69 Å². The smallest absolute Gasteiger partial charge is 0.326 e. The van der Waals surface area contributed by atoms with Crippen molar-refractivity contribution in [1.29, 1.82) is 0 Å². The average molecular weight is 334 g/mol. The van der Waals surface area contributed by atoms with Crippen LogP contribution >= 0.6 is 0 Å². The van der Waals surface area contributed by atoms with Crippen molar-refractivity contribution in [1.82, 2.24) is 19.7 Å². The lowest BCUT2D eigenvalue weighted by atomic mass is 9.95. The van der Waals surface area contributed by atoms with Gasteiger partial charge in [-0.25, -0.2) is 4.79 Å². The number of hydrogen-bond acceptors (Lipinski definition) is 4. The van der Waals surface area contributed by atoms with E-state index in [0.717, 1.165) is 50.3 Å². The molecular weight excluding hydrogens is 316 g/mol. The number of H-pyrrole nitrogens is 1. The number of imidazole rings is 1. The maximum Gasteiger partial charge on any atom is 0.326 e. The molecule has 6 nitrogen and oxygen atoms in total. The molecule has 0 fully saturated rings. The van der Waals surface area contributed by atoms with E-state index in [-0.39, 0.29) is 5.69 Å². The van der Waals surface area contributed by atoms with Gasteiger partial charge in [-0.05, 0) is 55.7 Å². The Morgan fingerprint density at radius 2 is 1.96 bits per heavy atom. The first-order valence-corrected chi connectivity index (χ1v) is 8.04. The Kier molecular flexibility index (Phi) is 3.35. The van der Waals surface area contributed by atoms with E-state index in [1.165, 1.54) is 0 Å². The third-order valence-electron chi connectivity index (χ3n) is 4.62. The van der Waals surface area contributed by atoms with E-state index >= 15 is 0 Å². The van der Waals surface area contributed by atoms with E-state index in [9.17, 15) is 4.79 Å². The van der Waals surface area contributed by atoms with Crippen LogP contribution in [0, 0.1) is 20.8 Å². The van der Waals surface area contributed by atoms with Gasteiger partial charge in [-0.2, -0.15) is 0 Å². The Bertz CT molecular complexity index is 1140. The van der Waals surface area contributed by atoms with Gasteiger partial charge < -0.3 is 9.51 Å². The van der Waals surface area contributed by atoms with Crippen molar-refractivity contribution < 1.29 is 4.52 Å². The van der Waals surface area contributed by atoms with Crippen molar-refractivity contribution in [2.45, 2.75) is 20.8 Å². The molecule has 0 atom stereocenters. The Morgan fingerprint density at radius 1 is 1.16 bits per heavy atom. The molecule has 25 heavy (non-hydrogen) atoms. The van der Waals surface area contributed by atoms with Crippen LogP contribution in [0.2, 0.25) is 0 Å². The summed E-state index contributed by atoms with van der Waals surface area (Å²) in [6.07, 6.45) is 3.59. The molecule has 0 aliphatic carbocycles. The molecule has 0 saturated carbocycles. The minimum Gasteiger partial charge on any atom is -0.361 e. The summed E-state index contributed by atoms with van der Waals surface area (Å²) >= 11 is 0. The van der Waals surface area contributed by atoms with Crippen molar-refractivity contribution in [2.24, 2.45) is 7.05 Å². The average Bonchev–Trinajstić information content (AvgIpc) is 3.06. The summed E-state index contributed by atoms with van der Waals surface area (Å²) in [6.45, 7) is 5.83. The molecule has 4 aromatic rings. The molecule has 6 heteroatoms. The van der Waals surface area contributed by atoms with E-state index in [1.807, 2.05) is 39.1 Å². The predicted octanol–water partition coefficient (Wildman–Crippen LogP) is 3.51. The highest BCUT2D eigenvalue weighted by Crippen LogP contribution is 2.36. The Balaban J connectivity index is 2.13. The van der Waals surface area contributed by atoms with Gasteiger partial charge in [-0.1, -0.05) is 5.16 Å². The van der Waals surface area contributed by atoms with E-state index in [1.54, 1.807) is 17.8 Å². The zero-order valence-corrected chi connectivity index (χ0v) is 14.5. The molecule has 0 unspecified atom stereocenters. The van der Waals surface area contributed by atoms with Gasteiger partial charge in [0.2, 0.25) is 0 Å². The van der Waals surface area contributed by atoms with Gasteiger partial charge in [0, 0.05) is 30.6 Å². The maximum atomic E-state index is 12.2. The second-order valence-electron chi connectivity index (χ2n) is 6.30. The van der Waals surface area contributed by atoms with Crippen LogP contribution in [0.3, 0.4) is 0 Å². The van der Waals surface area contributed by atoms with Crippen LogP contribution in [0.15, 0.2) is 39.9 Å². The highest BCUT2D eigenvalue weighted by atomic mass is 16.5. The zero-order chi connectivity index (χ0) is 17.7. The van der Waals surface area contributed by atoms with Crippen molar-refractivity contribution in [3.05, 3.63) is 58.1 Å². The fourth-order valence-electron chi connectivity index (χ4n) is 3.41. The fourth-order valence-corrected chi connectivity index (χ4v) is 3.41. The molecule has 3 aromatic heterocycles. The van der Waals surface area contributed by atoms with Gasteiger partial charge in [0.15, 0.2) is 0 Å². The van der Waals surface area contributed by atoms with Crippen LogP contribution in [-0.2, 0) is 7.05 Å². The first-order valence-electron chi connectivity index (χ1n) is 8.04. The number of nitrogens with one attached hydrogen (secondary N) is 1. The van der Waals surface area contributed by atoms with Gasteiger partial charge in [-0.15, -0.1) is 0 Å². The highest BCUT2D eigenvalue weighted by Gasteiger charge is 2.18. The van der Waals surface area contributed by atoms with Crippen LogP contribution < -0.4 is 5.69 Å². The van der Waals surface area contributed by atoms with Crippen LogP contribution in [0.25, 0.3) is 33.3 Å². The normalized spacial score (nSPS) is 11.4. The van der Waals surface area contributed by atoms with Crippen molar-refractivity contribution in [3.8, 4) is 22.3 Å². The molecule has 4 rings (SSSR count). The Morgan fingerprint density at radius 3 is 2.64 bits per heavy atom. The predicted molar refractivity (Wildman–Crippen MR) is 96.5 cm³/mol. The lowest BCUT2D eigenvalue weighted by molar-refractivity contribution is 0.393. The Hall–Kier alpha value is -3.15. The maximum absolute atomic E-state index is 12.2. The summed E-state index contributed by atoms with van der Waals surface area (Å²) in [5, 5.41) is 4.05. The number of pyridine rings is 1. The third kappa shape index (κ3) is 2.29. The number of aromatic nitrogens is 4. The summed E-state index contributed by atoms with van der Waals surface area (Å²) in [7, 11) is 1.77. The van der Waals surface area contributed by atoms with E-state index < -0.39 is 0 Å². The molecular formula is C19H18N4O2. The quantitative estimate of drug-likeness (QED) is 0.608. The molecule has 0 bridgehead atoms. The molecule has 0 aliphatic rings. The lowest BCUT2D eigenvalue weighted by Gasteiger charge is -2.11. The highest BCUT2D eigenvalue weighted by molar-refractivity contribution is 5.97. The van der Waals surface area contributed by atoms with E-state index in [0.29, 0.717) is 0 Å².